The van der Waals surface area contributed by atoms with E-state index in [0.29, 0.717) is 6.54 Å². The van der Waals surface area contributed by atoms with Crippen LogP contribution in [0.5, 0.6) is 0 Å². The van der Waals surface area contributed by atoms with Crippen LogP contribution >= 0.6 is 0 Å². The number of carbonyl (C=O) groups is 1. The van der Waals surface area contributed by atoms with Gasteiger partial charge in [-0.1, -0.05) is 0 Å². The highest BCUT2D eigenvalue weighted by Crippen LogP contribution is 2.26. The van der Waals surface area contributed by atoms with Crippen molar-refractivity contribution in [1.29, 1.82) is 5.26 Å². The maximum atomic E-state index is 13.1. The molecule has 0 spiro atoms. The molecule has 36 heavy (non-hydrogen) atoms. The summed E-state index contributed by atoms with van der Waals surface area (Å²) in [7, 11) is -0.646. The molecule has 11 nitrogen and oxygen atoms in total. The predicted octanol–water partition coefficient (Wildman–Crippen LogP) is 0.828. The Morgan fingerprint density at radius 3 is 2.44 bits per heavy atom. The first kappa shape index (κ1) is 28.3. The number of carbonyl (C=O) groups excluding carboxylic acids is 1. The molecule has 3 heterocycles. The summed E-state index contributed by atoms with van der Waals surface area (Å²) in [6, 6.07) is 5.25. The molecule has 0 saturated carbocycles. The zero-order chi connectivity index (χ0) is 26.2. The quantitative estimate of drug-likeness (QED) is 0.424. The number of likely N-dealkylation sites (tertiary alicyclic amines) is 1. The predicted molar refractivity (Wildman–Crippen MR) is 135 cm³/mol. The Balaban J connectivity index is 1.56. The average Bonchev–Trinajstić information content (AvgIpc) is 3.37. The molecule has 1 aromatic heterocycles. The highest BCUT2D eigenvalue weighted by molar-refractivity contribution is 7.89. The van der Waals surface area contributed by atoms with Gasteiger partial charge in [0.05, 0.1) is 25.8 Å². The van der Waals surface area contributed by atoms with Gasteiger partial charge in [0.15, 0.2) is 0 Å². The molecule has 2 fully saturated rings. The van der Waals surface area contributed by atoms with Crippen molar-refractivity contribution < 1.29 is 22.7 Å². The first-order valence-corrected chi connectivity index (χ1v) is 13.8. The second kappa shape index (κ2) is 12.8. The summed E-state index contributed by atoms with van der Waals surface area (Å²) in [5.41, 5.74) is -0.194. The first-order chi connectivity index (χ1) is 17.2. The number of sulfonamides is 1. The zero-order valence-corrected chi connectivity index (χ0v) is 22.3. The number of aromatic nitrogens is 1. The molecule has 0 unspecified atom stereocenters. The molecular formula is C24H38N6O5S. The van der Waals surface area contributed by atoms with E-state index >= 15 is 0 Å². The van der Waals surface area contributed by atoms with E-state index in [4.69, 9.17) is 9.47 Å². The van der Waals surface area contributed by atoms with Crippen LogP contribution < -0.4 is 10.2 Å². The third kappa shape index (κ3) is 6.92. The number of anilines is 1. The number of ether oxygens (including phenoxy) is 2. The second-order valence-corrected chi connectivity index (χ2v) is 11.5. The summed E-state index contributed by atoms with van der Waals surface area (Å²) in [5.74, 6) is 0.701. The van der Waals surface area contributed by atoms with E-state index in [-0.39, 0.29) is 55.2 Å². The van der Waals surface area contributed by atoms with E-state index in [1.165, 1.54) is 24.7 Å². The van der Waals surface area contributed by atoms with Crippen molar-refractivity contribution >= 4 is 21.7 Å². The molecule has 2 aliphatic rings. The van der Waals surface area contributed by atoms with Gasteiger partial charge in [0.25, 0.3) is 0 Å². The fourth-order valence-electron chi connectivity index (χ4n) is 4.60. The lowest BCUT2D eigenvalue weighted by Crippen LogP contribution is -2.54. The topological polar surface area (TPSA) is 128 Å². The Hall–Kier alpha value is -2.30. The van der Waals surface area contributed by atoms with Gasteiger partial charge >= 0.3 is 0 Å². The van der Waals surface area contributed by atoms with Gasteiger partial charge in [0.2, 0.25) is 15.9 Å². The number of pyridine rings is 1. The van der Waals surface area contributed by atoms with Crippen molar-refractivity contribution in [3.8, 4) is 6.07 Å². The molecule has 0 bridgehead atoms. The maximum absolute atomic E-state index is 13.1. The molecule has 1 aromatic rings. The monoisotopic (exact) mass is 522 g/mol. The van der Waals surface area contributed by atoms with Gasteiger partial charge < -0.3 is 24.6 Å². The fraction of sp³-hybridized carbons (Fsp3) is 0.708. The van der Waals surface area contributed by atoms with Gasteiger partial charge in [-0.25, -0.2) is 13.4 Å². The van der Waals surface area contributed by atoms with Crippen LogP contribution in [0.3, 0.4) is 0 Å². The molecular weight excluding hydrogens is 484 g/mol. The Morgan fingerprint density at radius 1 is 1.22 bits per heavy atom. The number of hydrogen-bond acceptors (Lipinski definition) is 9. The molecule has 0 aromatic carbocycles. The Kier molecular flexibility index (Phi) is 10.0. The first-order valence-electron chi connectivity index (χ1n) is 12.4. The van der Waals surface area contributed by atoms with Crippen LogP contribution in [0.2, 0.25) is 0 Å². The summed E-state index contributed by atoms with van der Waals surface area (Å²) >= 11 is 0. The van der Waals surface area contributed by atoms with E-state index in [1.54, 1.807) is 17.0 Å². The molecule has 2 aliphatic heterocycles. The smallest absolute Gasteiger partial charge is 0.244 e. The number of rotatable bonds is 12. The molecule has 3 rings (SSSR count). The lowest BCUT2D eigenvalue weighted by atomic mass is 9.89. The zero-order valence-electron chi connectivity index (χ0n) is 21.5. The summed E-state index contributed by atoms with van der Waals surface area (Å²) in [4.78, 5) is 21.0. The van der Waals surface area contributed by atoms with Crippen molar-refractivity contribution in [2.24, 2.45) is 0 Å². The van der Waals surface area contributed by atoms with E-state index < -0.39 is 10.0 Å². The van der Waals surface area contributed by atoms with E-state index in [2.05, 4.69) is 28.2 Å². The standard InChI is InChI=1S/C24H38N6O5S/c1-24(27-19-23(31)30-10-4-5-20(30)17-25)8-11-28(12-9-24)22-7-6-21(18-26-22)36(32,33)29(13-15-34-2)14-16-35-3/h6-7,18,20,27H,4-5,8-16,19H2,1-3H3/t20-/m0/s1. The molecule has 200 valence electrons. The molecule has 1 amide bonds. The summed E-state index contributed by atoms with van der Waals surface area (Å²) < 4.78 is 37.6. The summed E-state index contributed by atoms with van der Waals surface area (Å²) in [6.07, 6.45) is 4.65. The van der Waals surface area contributed by atoms with Crippen LogP contribution in [0.1, 0.15) is 32.6 Å². The highest BCUT2D eigenvalue weighted by atomic mass is 32.2. The summed E-state index contributed by atoms with van der Waals surface area (Å²) in [5, 5.41) is 12.6. The van der Waals surface area contributed by atoms with Crippen molar-refractivity contribution in [2.45, 2.75) is 49.1 Å². The van der Waals surface area contributed by atoms with Crippen LogP contribution in [-0.2, 0) is 24.3 Å². The SMILES string of the molecule is COCCN(CCOC)S(=O)(=O)c1ccc(N2CCC(C)(NCC(=O)N3CCC[C@H]3C#N)CC2)nc1. The molecule has 0 aliphatic carbocycles. The van der Waals surface area contributed by atoms with Gasteiger partial charge in [0.1, 0.15) is 16.8 Å². The number of amides is 1. The van der Waals surface area contributed by atoms with Gasteiger partial charge in [-0.05, 0) is 44.7 Å². The molecule has 0 radical (unpaired) electrons. The Morgan fingerprint density at radius 2 is 1.89 bits per heavy atom. The number of nitrogens with zero attached hydrogens (tertiary/aromatic N) is 5. The molecule has 2 saturated heterocycles. The maximum Gasteiger partial charge on any atom is 0.244 e. The minimum absolute atomic E-state index is 0.0220. The van der Waals surface area contributed by atoms with Gasteiger partial charge in [-0.3, -0.25) is 4.79 Å². The third-order valence-electron chi connectivity index (χ3n) is 7.03. The minimum atomic E-state index is -3.71. The van der Waals surface area contributed by atoms with Crippen molar-refractivity contribution in [2.75, 3.05) is 71.6 Å². The minimum Gasteiger partial charge on any atom is -0.383 e. The van der Waals surface area contributed by atoms with Gasteiger partial charge in [-0.2, -0.15) is 9.57 Å². The fourth-order valence-corrected chi connectivity index (χ4v) is 5.95. The molecule has 1 atom stereocenters. The number of nitrogens with one attached hydrogen (secondary N) is 1. The van der Waals surface area contributed by atoms with Crippen molar-refractivity contribution in [3.05, 3.63) is 18.3 Å². The van der Waals surface area contributed by atoms with Gasteiger partial charge in [-0.15, -0.1) is 0 Å². The molecule has 12 heteroatoms. The summed E-state index contributed by atoms with van der Waals surface area (Å²) in [6.45, 7) is 5.50. The molecule has 1 N–H and O–H groups in total. The van der Waals surface area contributed by atoms with Crippen molar-refractivity contribution in [3.63, 3.8) is 0 Å². The van der Waals surface area contributed by atoms with Crippen LogP contribution in [0.15, 0.2) is 23.2 Å². The number of nitriles is 1. The number of hydrogen-bond donors (Lipinski definition) is 1. The van der Waals surface area contributed by atoms with Crippen LogP contribution in [0.25, 0.3) is 0 Å². The lowest BCUT2D eigenvalue weighted by molar-refractivity contribution is -0.130. The highest BCUT2D eigenvalue weighted by Gasteiger charge is 2.33. The van der Waals surface area contributed by atoms with E-state index in [1.807, 2.05) is 0 Å². The van der Waals surface area contributed by atoms with Crippen LogP contribution in [0.4, 0.5) is 5.82 Å². The van der Waals surface area contributed by atoms with E-state index in [9.17, 15) is 18.5 Å². The van der Waals surface area contributed by atoms with Gasteiger partial charge in [0, 0.05) is 58.7 Å². The Labute approximate surface area is 214 Å². The van der Waals surface area contributed by atoms with Crippen LogP contribution in [0, 0.1) is 11.3 Å². The third-order valence-corrected chi connectivity index (χ3v) is 8.91. The second-order valence-electron chi connectivity index (χ2n) is 9.52. The largest absolute Gasteiger partial charge is 0.383 e. The lowest BCUT2D eigenvalue weighted by Gasteiger charge is -2.40. The Bertz CT molecular complexity index is 997. The van der Waals surface area contributed by atoms with Crippen LogP contribution in [-0.4, -0.2) is 107 Å². The average molecular weight is 523 g/mol. The van der Waals surface area contributed by atoms with E-state index in [0.717, 1.165) is 44.6 Å². The van der Waals surface area contributed by atoms with Crippen molar-refractivity contribution in [1.82, 2.24) is 19.5 Å². The number of piperidine rings is 1. The normalized spacial score (nSPS) is 20.0. The number of methoxy groups -OCH3 is 2.